The van der Waals surface area contributed by atoms with Crippen LogP contribution in [0.3, 0.4) is 0 Å². The van der Waals surface area contributed by atoms with Crippen molar-refractivity contribution >= 4 is 5.97 Å². The molecule has 1 heterocycles. The van der Waals surface area contributed by atoms with Crippen molar-refractivity contribution in [1.82, 2.24) is 0 Å². The van der Waals surface area contributed by atoms with Gasteiger partial charge in [0.15, 0.2) is 17.1 Å². The van der Waals surface area contributed by atoms with Crippen LogP contribution in [0.15, 0.2) is 0 Å². The second kappa shape index (κ2) is 6.82. The highest BCUT2D eigenvalue weighted by Gasteiger charge is 2.81. The van der Waals surface area contributed by atoms with E-state index in [1.165, 1.54) is 0 Å². The van der Waals surface area contributed by atoms with Crippen LogP contribution in [0.4, 0.5) is 48.3 Å². The number of ether oxygens (including phenoxy) is 2. The summed E-state index contributed by atoms with van der Waals surface area (Å²) in [4.78, 5) is 11.9. The molecule has 0 amide bonds. The van der Waals surface area contributed by atoms with Crippen LogP contribution in [-0.2, 0) is 14.3 Å². The van der Waals surface area contributed by atoms with E-state index < -0.39 is 66.2 Å². The fourth-order valence-corrected chi connectivity index (χ4v) is 2.39. The van der Waals surface area contributed by atoms with Crippen LogP contribution < -0.4 is 0 Å². The number of halogens is 11. The first-order valence-electron chi connectivity index (χ1n) is 7.72. The van der Waals surface area contributed by atoms with E-state index in [1.807, 2.05) is 0 Å². The van der Waals surface area contributed by atoms with E-state index in [9.17, 15) is 58.2 Å². The number of esters is 1. The van der Waals surface area contributed by atoms with Crippen molar-refractivity contribution in [2.24, 2.45) is 5.41 Å². The number of carbonyl (C=O) groups is 1. The van der Waals surface area contributed by atoms with E-state index in [2.05, 4.69) is 9.47 Å². The Morgan fingerprint density at radius 3 is 1.83 bits per heavy atom. The van der Waals surface area contributed by atoms with E-state index in [4.69, 9.17) is 0 Å². The Morgan fingerprint density at radius 1 is 1.07 bits per heavy atom. The summed E-state index contributed by atoms with van der Waals surface area (Å²) in [6.45, 7) is 0.789. The molecule has 0 aromatic rings. The van der Waals surface area contributed by atoms with E-state index in [0.29, 0.717) is 0 Å². The van der Waals surface area contributed by atoms with E-state index >= 15 is 0 Å². The van der Waals surface area contributed by atoms with Crippen LogP contribution in [0.2, 0.25) is 0 Å². The molecule has 15 heteroatoms. The van der Waals surface area contributed by atoms with Gasteiger partial charge in [-0.25, -0.2) is 0 Å². The Morgan fingerprint density at radius 2 is 1.52 bits per heavy atom. The van der Waals surface area contributed by atoms with Crippen molar-refractivity contribution in [3.05, 3.63) is 0 Å². The maximum absolute atomic E-state index is 14.3. The largest absolute Gasteiger partial charge is 0.455 e. The third-order valence-corrected chi connectivity index (χ3v) is 4.82. The lowest BCUT2D eigenvalue weighted by atomic mass is 9.84. The van der Waals surface area contributed by atoms with Crippen molar-refractivity contribution in [3.63, 3.8) is 0 Å². The monoisotopic (exact) mass is 456 g/mol. The third-order valence-electron chi connectivity index (χ3n) is 4.82. The van der Waals surface area contributed by atoms with Crippen molar-refractivity contribution in [2.45, 2.75) is 75.6 Å². The molecule has 1 saturated heterocycles. The minimum absolute atomic E-state index is 0.150. The van der Waals surface area contributed by atoms with Crippen LogP contribution in [0.1, 0.15) is 33.6 Å². The van der Waals surface area contributed by atoms with Gasteiger partial charge in [0.05, 0.1) is 0 Å². The Balaban J connectivity index is 3.53. The van der Waals surface area contributed by atoms with Gasteiger partial charge in [0.2, 0.25) is 0 Å². The lowest BCUT2D eigenvalue weighted by molar-refractivity contribution is -0.502. The van der Waals surface area contributed by atoms with Crippen LogP contribution in [0, 0.1) is 5.41 Å². The van der Waals surface area contributed by atoms with E-state index in [0.717, 1.165) is 6.92 Å². The molecule has 4 nitrogen and oxygen atoms in total. The van der Waals surface area contributed by atoms with Crippen LogP contribution in [0.25, 0.3) is 0 Å². The standard InChI is InChI=1S/C14H15F11O4/c1-4-8(2,12(17,18)19)7(26)28-6-5-9(3,13(20,21)22)29-11(27,10(6,15)16)14(23,24)25/h6,27H,4-5H2,1-3H3. The number of hydrogen-bond donors (Lipinski definition) is 1. The van der Waals surface area contributed by atoms with Crippen LogP contribution in [-0.4, -0.2) is 53.0 Å². The lowest BCUT2D eigenvalue weighted by Crippen LogP contribution is -2.74. The topological polar surface area (TPSA) is 55.8 Å². The second-order valence-corrected chi connectivity index (χ2v) is 6.88. The number of aliphatic hydroxyl groups is 1. The van der Waals surface area contributed by atoms with E-state index in [1.54, 1.807) is 0 Å². The lowest BCUT2D eigenvalue weighted by Gasteiger charge is -2.51. The molecule has 1 N–H and O–H groups in total. The maximum Gasteiger partial charge on any atom is 0.449 e. The molecule has 4 atom stereocenters. The summed E-state index contributed by atoms with van der Waals surface area (Å²) in [6, 6.07) is 0. The molecule has 0 saturated carbocycles. The first-order chi connectivity index (χ1) is 12.5. The van der Waals surface area contributed by atoms with Gasteiger partial charge in [0.25, 0.3) is 0 Å². The number of rotatable bonds is 3. The maximum atomic E-state index is 14.3. The van der Waals surface area contributed by atoms with E-state index in [-0.39, 0.29) is 13.8 Å². The third kappa shape index (κ3) is 3.86. The molecule has 0 radical (unpaired) electrons. The van der Waals surface area contributed by atoms with Gasteiger partial charge in [-0.2, -0.15) is 48.3 Å². The Bertz CT molecular complexity index is 641. The molecule has 1 aliphatic rings. The van der Waals surface area contributed by atoms with Gasteiger partial charge in [-0.1, -0.05) is 6.92 Å². The SMILES string of the molecule is CCC(C)(C(=O)OC1CC(C)(C(F)(F)F)OC(O)(C(F)(F)F)C1(F)F)C(F)(F)F. The van der Waals surface area contributed by atoms with Gasteiger partial charge in [0, 0.05) is 6.42 Å². The molecular weight excluding hydrogens is 441 g/mol. The van der Waals surface area contributed by atoms with Crippen LogP contribution in [0.5, 0.6) is 0 Å². The summed E-state index contributed by atoms with van der Waals surface area (Å²) in [7, 11) is 0. The molecule has 172 valence electrons. The number of alkyl halides is 11. The Kier molecular flexibility index (Phi) is 6.03. The molecule has 0 aromatic carbocycles. The summed E-state index contributed by atoms with van der Waals surface area (Å²) in [5, 5.41) is 9.33. The summed E-state index contributed by atoms with van der Waals surface area (Å²) in [5.41, 5.74) is -7.64. The fourth-order valence-electron chi connectivity index (χ4n) is 2.39. The molecule has 0 spiro atoms. The molecule has 0 bridgehead atoms. The zero-order chi connectivity index (χ0) is 23.5. The average Bonchev–Trinajstić information content (AvgIpc) is 2.48. The van der Waals surface area contributed by atoms with Crippen molar-refractivity contribution in [1.29, 1.82) is 0 Å². The van der Waals surface area contributed by atoms with Gasteiger partial charge >= 0.3 is 36.2 Å². The van der Waals surface area contributed by atoms with Gasteiger partial charge in [-0.3, -0.25) is 4.79 Å². The normalized spacial score (nSPS) is 33.1. The predicted octanol–water partition coefficient (Wildman–Crippen LogP) is 4.50. The predicted molar refractivity (Wildman–Crippen MR) is 70.4 cm³/mol. The van der Waals surface area contributed by atoms with Crippen molar-refractivity contribution < 1.29 is 67.7 Å². The fraction of sp³-hybridized carbons (Fsp3) is 0.929. The molecule has 0 aliphatic carbocycles. The summed E-state index contributed by atoms with van der Waals surface area (Å²) >= 11 is 0. The molecular formula is C14H15F11O4. The molecule has 0 aromatic heterocycles. The van der Waals surface area contributed by atoms with Gasteiger partial charge in [-0.05, 0) is 20.3 Å². The highest BCUT2D eigenvalue weighted by molar-refractivity contribution is 5.77. The zero-order valence-corrected chi connectivity index (χ0v) is 14.8. The second-order valence-electron chi connectivity index (χ2n) is 6.88. The first-order valence-corrected chi connectivity index (χ1v) is 7.72. The molecule has 1 rings (SSSR count). The van der Waals surface area contributed by atoms with Gasteiger partial charge in [-0.15, -0.1) is 0 Å². The van der Waals surface area contributed by atoms with Gasteiger partial charge < -0.3 is 14.6 Å². The highest BCUT2D eigenvalue weighted by Crippen LogP contribution is 2.56. The minimum atomic E-state index is -6.54. The van der Waals surface area contributed by atoms with Crippen molar-refractivity contribution in [3.8, 4) is 0 Å². The minimum Gasteiger partial charge on any atom is -0.455 e. The van der Waals surface area contributed by atoms with Crippen molar-refractivity contribution in [2.75, 3.05) is 0 Å². The molecule has 1 aliphatic heterocycles. The summed E-state index contributed by atoms with van der Waals surface area (Å²) in [6.07, 6.45) is -24.8. The molecule has 4 unspecified atom stereocenters. The summed E-state index contributed by atoms with van der Waals surface area (Å²) in [5.74, 6) is -14.1. The Labute approximate surface area is 155 Å². The Hall–Kier alpha value is -1.38. The number of hydrogen-bond acceptors (Lipinski definition) is 4. The quantitative estimate of drug-likeness (QED) is 0.502. The zero-order valence-electron chi connectivity index (χ0n) is 14.8. The smallest absolute Gasteiger partial charge is 0.449 e. The highest BCUT2D eigenvalue weighted by atomic mass is 19.4. The molecule has 29 heavy (non-hydrogen) atoms. The first kappa shape index (κ1) is 25.7. The average molecular weight is 456 g/mol. The number of carbonyl (C=O) groups excluding carboxylic acids is 1. The van der Waals surface area contributed by atoms with Gasteiger partial charge in [0.1, 0.15) is 0 Å². The summed E-state index contributed by atoms with van der Waals surface area (Å²) < 4.78 is 153. The van der Waals surface area contributed by atoms with Crippen LogP contribution >= 0.6 is 0 Å². The molecule has 1 fully saturated rings.